The molecular formula is C24H28N4O3. The Labute approximate surface area is 182 Å². The fourth-order valence-corrected chi connectivity index (χ4v) is 4.17. The predicted octanol–water partition coefficient (Wildman–Crippen LogP) is 2.30. The zero-order chi connectivity index (χ0) is 21.6. The molecule has 1 saturated heterocycles. The summed E-state index contributed by atoms with van der Waals surface area (Å²) < 4.78 is 0. The van der Waals surface area contributed by atoms with Crippen molar-refractivity contribution in [2.45, 2.75) is 44.3 Å². The Morgan fingerprint density at radius 1 is 1.00 bits per heavy atom. The van der Waals surface area contributed by atoms with Gasteiger partial charge in [0.1, 0.15) is 6.04 Å². The summed E-state index contributed by atoms with van der Waals surface area (Å²) in [4.78, 5) is 39.7. The highest BCUT2D eigenvalue weighted by atomic mass is 16.2. The van der Waals surface area contributed by atoms with E-state index in [1.54, 1.807) is 24.3 Å². The third-order valence-corrected chi connectivity index (χ3v) is 5.91. The van der Waals surface area contributed by atoms with Crippen molar-refractivity contribution in [3.8, 4) is 0 Å². The van der Waals surface area contributed by atoms with E-state index in [9.17, 15) is 14.4 Å². The average molecular weight is 421 g/mol. The van der Waals surface area contributed by atoms with Gasteiger partial charge in [0.25, 0.3) is 5.91 Å². The maximum atomic E-state index is 12.4. The number of nitrogens with one attached hydrogen (secondary N) is 3. The number of hydrogen-bond donors (Lipinski definition) is 3. The van der Waals surface area contributed by atoms with Crippen molar-refractivity contribution >= 4 is 23.4 Å². The van der Waals surface area contributed by atoms with E-state index < -0.39 is 6.04 Å². The van der Waals surface area contributed by atoms with Gasteiger partial charge in [-0.15, -0.1) is 0 Å². The maximum Gasteiger partial charge on any atom is 0.254 e. The second-order valence-electron chi connectivity index (χ2n) is 8.20. The van der Waals surface area contributed by atoms with E-state index in [4.69, 9.17) is 0 Å². The number of fused-ring (bicyclic) bond motifs is 1. The number of hydrogen-bond acceptors (Lipinski definition) is 4. The minimum Gasteiger partial charge on any atom is -0.353 e. The van der Waals surface area contributed by atoms with E-state index in [0.717, 1.165) is 32.5 Å². The van der Waals surface area contributed by atoms with Gasteiger partial charge in [0.05, 0.1) is 11.3 Å². The van der Waals surface area contributed by atoms with Gasteiger partial charge in [-0.25, -0.2) is 0 Å². The number of para-hydroxylation sites is 1. The number of piperidine rings is 1. The lowest BCUT2D eigenvalue weighted by molar-refractivity contribution is -0.122. The summed E-state index contributed by atoms with van der Waals surface area (Å²) in [6.45, 7) is 2.82. The molecule has 1 fully saturated rings. The molecule has 0 spiro atoms. The number of carbonyl (C=O) groups is 3. The Bertz CT molecular complexity index is 939. The van der Waals surface area contributed by atoms with Gasteiger partial charge >= 0.3 is 0 Å². The first-order valence-corrected chi connectivity index (χ1v) is 10.8. The molecule has 7 heteroatoms. The van der Waals surface area contributed by atoms with Crippen molar-refractivity contribution in [1.82, 2.24) is 15.5 Å². The minimum absolute atomic E-state index is 0.0784. The molecule has 1 atom stereocenters. The van der Waals surface area contributed by atoms with Crippen LogP contribution in [-0.2, 0) is 16.1 Å². The van der Waals surface area contributed by atoms with E-state index in [1.807, 2.05) is 6.07 Å². The average Bonchev–Trinajstić information content (AvgIpc) is 2.90. The monoisotopic (exact) mass is 420 g/mol. The van der Waals surface area contributed by atoms with Crippen LogP contribution < -0.4 is 16.0 Å². The first-order valence-electron chi connectivity index (χ1n) is 10.8. The molecular weight excluding hydrogens is 392 g/mol. The number of benzene rings is 2. The first kappa shape index (κ1) is 21.1. The maximum absolute atomic E-state index is 12.4. The summed E-state index contributed by atoms with van der Waals surface area (Å²) >= 11 is 0. The molecule has 2 aromatic carbocycles. The van der Waals surface area contributed by atoms with Crippen LogP contribution in [0.5, 0.6) is 0 Å². The highest BCUT2D eigenvalue weighted by molar-refractivity contribution is 6.09. The van der Waals surface area contributed by atoms with E-state index in [0.29, 0.717) is 11.3 Å². The molecule has 4 rings (SSSR count). The van der Waals surface area contributed by atoms with Gasteiger partial charge in [0.15, 0.2) is 0 Å². The summed E-state index contributed by atoms with van der Waals surface area (Å²) in [5.41, 5.74) is 2.24. The van der Waals surface area contributed by atoms with E-state index in [1.165, 1.54) is 5.56 Å². The molecule has 0 radical (unpaired) electrons. The van der Waals surface area contributed by atoms with Gasteiger partial charge in [-0.05, 0) is 37.0 Å². The third-order valence-electron chi connectivity index (χ3n) is 5.91. The fraction of sp³-hybridized carbons (Fsp3) is 0.375. The second kappa shape index (κ2) is 9.75. The van der Waals surface area contributed by atoms with Gasteiger partial charge in [0, 0.05) is 32.1 Å². The van der Waals surface area contributed by atoms with Crippen LogP contribution in [0.4, 0.5) is 5.69 Å². The molecule has 2 heterocycles. The molecule has 162 valence electrons. The number of anilines is 1. The molecule has 31 heavy (non-hydrogen) atoms. The summed E-state index contributed by atoms with van der Waals surface area (Å²) in [7, 11) is 0. The summed E-state index contributed by atoms with van der Waals surface area (Å²) in [5, 5.41) is 8.60. The Hall–Kier alpha value is -3.19. The van der Waals surface area contributed by atoms with Crippen molar-refractivity contribution in [3.05, 3.63) is 65.7 Å². The molecule has 0 bridgehead atoms. The van der Waals surface area contributed by atoms with Gasteiger partial charge in [-0.2, -0.15) is 0 Å². The van der Waals surface area contributed by atoms with Crippen molar-refractivity contribution in [1.29, 1.82) is 0 Å². The van der Waals surface area contributed by atoms with E-state index in [-0.39, 0.29) is 36.6 Å². The summed E-state index contributed by atoms with van der Waals surface area (Å²) in [6.07, 6.45) is 2.28. The lowest BCUT2D eigenvalue weighted by atomic mass is 10.0. The minimum atomic E-state index is -0.724. The van der Waals surface area contributed by atoms with Gasteiger partial charge in [0.2, 0.25) is 11.8 Å². The highest BCUT2D eigenvalue weighted by Crippen LogP contribution is 2.19. The van der Waals surface area contributed by atoms with Crippen LogP contribution in [0, 0.1) is 0 Å². The Balaban J connectivity index is 1.21. The number of carbonyl (C=O) groups excluding carboxylic acids is 3. The Morgan fingerprint density at radius 3 is 2.48 bits per heavy atom. The van der Waals surface area contributed by atoms with Crippen LogP contribution in [0.1, 0.15) is 41.6 Å². The van der Waals surface area contributed by atoms with Crippen LogP contribution >= 0.6 is 0 Å². The fourth-order valence-electron chi connectivity index (χ4n) is 4.17. The summed E-state index contributed by atoms with van der Waals surface area (Å²) in [5.74, 6) is -0.671. The van der Waals surface area contributed by atoms with Gasteiger partial charge in [-0.1, -0.05) is 42.5 Å². The topological polar surface area (TPSA) is 90.5 Å². The summed E-state index contributed by atoms with van der Waals surface area (Å²) in [6, 6.07) is 16.7. The van der Waals surface area contributed by atoms with E-state index >= 15 is 0 Å². The molecule has 3 N–H and O–H groups in total. The number of amides is 3. The normalized spacial score (nSPS) is 19.7. The Morgan fingerprint density at radius 2 is 1.71 bits per heavy atom. The lowest BCUT2D eigenvalue weighted by Crippen LogP contribution is -2.45. The van der Waals surface area contributed by atoms with Crippen molar-refractivity contribution in [2.75, 3.05) is 18.4 Å². The zero-order valence-electron chi connectivity index (χ0n) is 17.5. The van der Waals surface area contributed by atoms with E-state index in [2.05, 4.69) is 45.1 Å². The highest BCUT2D eigenvalue weighted by Gasteiger charge is 2.28. The molecule has 0 unspecified atom stereocenters. The standard InChI is InChI=1S/C24H28N4O3/c29-22(25-18-12-14-28(15-13-18)16-17-6-2-1-3-7-17)11-10-21-24(31)26-20-9-5-4-8-19(20)23(30)27-21/h1-9,18,21H,10-16H2,(H,25,29)(H,26,31)(H,27,30)/t21-/m0/s1. The Kier molecular flexibility index (Phi) is 6.62. The molecule has 7 nitrogen and oxygen atoms in total. The quantitative estimate of drug-likeness (QED) is 0.669. The third kappa shape index (κ3) is 5.49. The second-order valence-corrected chi connectivity index (χ2v) is 8.20. The lowest BCUT2D eigenvalue weighted by Gasteiger charge is -2.32. The number of likely N-dealkylation sites (tertiary alicyclic amines) is 1. The molecule has 0 aromatic heterocycles. The smallest absolute Gasteiger partial charge is 0.254 e. The van der Waals surface area contributed by atoms with Crippen molar-refractivity contribution in [2.24, 2.45) is 0 Å². The van der Waals surface area contributed by atoms with Crippen LogP contribution in [-0.4, -0.2) is 47.8 Å². The van der Waals surface area contributed by atoms with Gasteiger partial charge in [-0.3, -0.25) is 19.3 Å². The van der Waals surface area contributed by atoms with Crippen LogP contribution in [0.2, 0.25) is 0 Å². The van der Waals surface area contributed by atoms with Crippen molar-refractivity contribution in [3.63, 3.8) is 0 Å². The molecule has 3 amide bonds. The first-order chi connectivity index (χ1) is 15.1. The van der Waals surface area contributed by atoms with Crippen LogP contribution in [0.15, 0.2) is 54.6 Å². The largest absolute Gasteiger partial charge is 0.353 e. The molecule has 0 saturated carbocycles. The molecule has 0 aliphatic carbocycles. The number of rotatable bonds is 6. The van der Waals surface area contributed by atoms with Crippen LogP contribution in [0.3, 0.4) is 0 Å². The van der Waals surface area contributed by atoms with Crippen molar-refractivity contribution < 1.29 is 14.4 Å². The molecule has 2 aliphatic heterocycles. The molecule has 2 aliphatic rings. The zero-order valence-corrected chi connectivity index (χ0v) is 17.5. The number of nitrogens with zero attached hydrogens (tertiary/aromatic N) is 1. The predicted molar refractivity (Wildman–Crippen MR) is 118 cm³/mol. The van der Waals surface area contributed by atoms with Crippen LogP contribution in [0.25, 0.3) is 0 Å². The SMILES string of the molecule is O=C(CC[C@@H]1NC(=O)c2ccccc2NC1=O)NC1CCN(Cc2ccccc2)CC1. The molecule has 2 aromatic rings. The van der Waals surface area contributed by atoms with Gasteiger partial charge < -0.3 is 16.0 Å².